The summed E-state index contributed by atoms with van der Waals surface area (Å²) in [4.78, 5) is 14.5. The van der Waals surface area contributed by atoms with Crippen molar-refractivity contribution in [3.8, 4) is 0 Å². The average Bonchev–Trinajstić information content (AvgIpc) is 2.84. The molecule has 25 heavy (non-hydrogen) atoms. The molecule has 132 valence electrons. The number of anilines is 1. The number of carbonyl (C=O) groups excluding carboxylic acids is 1. The van der Waals surface area contributed by atoms with Crippen LogP contribution < -0.4 is 5.32 Å². The Morgan fingerprint density at radius 3 is 2.56 bits per heavy atom. The maximum absolute atomic E-state index is 13.8. The van der Waals surface area contributed by atoms with Crippen LogP contribution in [-0.4, -0.2) is 17.5 Å². The number of benzene rings is 2. The lowest BCUT2D eigenvalue weighted by Gasteiger charge is -2.30. The quantitative estimate of drug-likeness (QED) is 0.775. The second-order valence-corrected chi connectivity index (χ2v) is 6.52. The third-order valence-electron chi connectivity index (χ3n) is 4.65. The molecule has 0 aromatic heterocycles. The Labute approximate surface area is 146 Å². The van der Waals surface area contributed by atoms with Crippen LogP contribution in [-0.2, 0) is 0 Å². The molecule has 1 aliphatic rings. The van der Waals surface area contributed by atoms with E-state index in [0.29, 0.717) is 6.54 Å². The maximum Gasteiger partial charge on any atom is 0.322 e. The van der Waals surface area contributed by atoms with Crippen LogP contribution in [0.2, 0.25) is 0 Å². The molecule has 1 fully saturated rings. The highest BCUT2D eigenvalue weighted by Gasteiger charge is 2.27. The first-order valence-electron chi connectivity index (χ1n) is 8.64. The number of nitrogens with zero attached hydrogens (tertiary/aromatic N) is 1. The van der Waals surface area contributed by atoms with Crippen molar-refractivity contribution in [1.82, 2.24) is 4.90 Å². The van der Waals surface area contributed by atoms with Crippen LogP contribution in [0.4, 0.5) is 19.3 Å². The standard InChI is InChI=1S/C20H22F2N2O/c1-14-6-8-15(9-7-14)19-5-3-2-4-12-24(19)20(25)23-18-11-10-16(21)13-17(18)22/h6-11,13,19H,2-5,12H2,1H3,(H,23,25). The number of halogens is 2. The van der Waals surface area contributed by atoms with Crippen LogP contribution in [0, 0.1) is 18.6 Å². The van der Waals surface area contributed by atoms with Gasteiger partial charge < -0.3 is 10.2 Å². The first-order chi connectivity index (χ1) is 12.0. The summed E-state index contributed by atoms with van der Waals surface area (Å²) in [5, 5.41) is 2.59. The van der Waals surface area contributed by atoms with E-state index in [2.05, 4.69) is 5.32 Å². The second kappa shape index (κ2) is 7.64. The molecule has 1 saturated heterocycles. The average molecular weight is 344 g/mol. The fraction of sp³-hybridized carbons (Fsp3) is 0.350. The van der Waals surface area contributed by atoms with E-state index in [9.17, 15) is 13.6 Å². The van der Waals surface area contributed by atoms with Crippen LogP contribution >= 0.6 is 0 Å². The van der Waals surface area contributed by atoms with Crippen molar-refractivity contribution in [3.05, 3.63) is 65.2 Å². The third kappa shape index (κ3) is 4.16. The lowest BCUT2D eigenvalue weighted by atomic mass is 10.00. The van der Waals surface area contributed by atoms with Crippen LogP contribution in [0.3, 0.4) is 0 Å². The minimum absolute atomic E-state index is 0.00157. The molecule has 2 amide bonds. The van der Waals surface area contributed by atoms with Crippen LogP contribution in [0.5, 0.6) is 0 Å². The molecule has 0 radical (unpaired) electrons. The van der Waals surface area contributed by atoms with Gasteiger partial charge in [0.05, 0.1) is 11.7 Å². The SMILES string of the molecule is Cc1ccc(C2CCCCCN2C(=O)Nc2ccc(F)cc2F)cc1. The summed E-state index contributed by atoms with van der Waals surface area (Å²) in [6, 6.07) is 10.9. The minimum Gasteiger partial charge on any atom is -0.317 e. The number of hydrogen-bond donors (Lipinski definition) is 1. The van der Waals surface area contributed by atoms with Gasteiger partial charge in [0.25, 0.3) is 0 Å². The van der Waals surface area contributed by atoms with E-state index in [0.717, 1.165) is 43.4 Å². The van der Waals surface area contributed by atoms with E-state index >= 15 is 0 Å². The van der Waals surface area contributed by atoms with E-state index in [1.807, 2.05) is 31.2 Å². The van der Waals surface area contributed by atoms with Gasteiger partial charge >= 0.3 is 6.03 Å². The van der Waals surface area contributed by atoms with Gasteiger partial charge in [-0.25, -0.2) is 13.6 Å². The summed E-state index contributed by atoms with van der Waals surface area (Å²) in [5.41, 5.74) is 2.25. The van der Waals surface area contributed by atoms with Crippen molar-refractivity contribution in [2.75, 3.05) is 11.9 Å². The maximum atomic E-state index is 13.8. The molecule has 2 aromatic rings. The zero-order valence-corrected chi connectivity index (χ0v) is 14.3. The third-order valence-corrected chi connectivity index (χ3v) is 4.65. The molecule has 0 spiro atoms. The number of urea groups is 1. The van der Waals surface area contributed by atoms with Gasteiger partial charge in [0.15, 0.2) is 0 Å². The van der Waals surface area contributed by atoms with Gasteiger partial charge in [0.2, 0.25) is 0 Å². The first-order valence-corrected chi connectivity index (χ1v) is 8.64. The highest BCUT2D eigenvalue weighted by atomic mass is 19.1. The van der Waals surface area contributed by atoms with Gasteiger partial charge in [0, 0.05) is 12.6 Å². The monoisotopic (exact) mass is 344 g/mol. The molecular formula is C20H22F2N2O. The van der Waals surface area contributed by atoms with Gasteiger partial charge in [-0.3, -0.25) is 0 Å². The molecule has 3 nitrogen and oxygen atoms in total. The van der Waals surface area contributed by atoms with Crippen LogP contribution in [0.1, 0.15) is 42.9 Å². The molecule has 5 heteroatoms. The van der Waals surface area contributed by atoms with Crippen molar-refractivity contribution < 1.29 is 13.6 Å². The molecule has 1 heterocycles. The van der Waals surface area contributed by atoms with E-state index in [1.165, 1.54) is 11.6 Å². The molecule has 0 saturated carbocycles. The smallest absolute Gasteiger partial charge is 0.317 e. The predicted octanol–water partition coefficient (Wildman–Crippen LogP) is 5.42. The largest absolute Gasteiger partial charge is 0.322 e. The van der Waals surface area contributed by atoms with E-state index in [1.54, 1.807) is 4.90 Å². The Morgan fingerprint density at radius 1 is 1.08 bits per heavy atom. The number of rotatable bonds is 2. The summed E-state index contributed by atoms with van der Waals surface area (Å²) in [7, 11) is 0. The molecule has 2 aromatic carbocycles. The number of likely N-dealkylation sites (tertiary alicyclic amines) is 1. The molecule has 1 aliphatic heterocycles. The fourth-order valence-corrected chi connectivity index (χ4v) is 3.26. The van der Waals surface area contributed by atoms with E-state index in [4.69, 9.17) is 0 Å². The van der Waals surface area contributed by atoms with Crippen molar-refractivity contribution in [2.24, 2.45) is 0 Å². The lowest BCUT2D eigenvalue weighted by Crippen LogP contribution is -2.38. The molecule has 1 atom stereocenters. The zero-order chi connectivity index (χ0) is 17.8. The highest BCUT2D eigenvalue weighted by molar-refractivity contribution is 5.89. The Morgan fingerprint density at radius 2 is 1.84 bits per heavy atom. The lowest BCUT2D eigenvalue weighted by molar-refractivity contribution is 0.189. The number of aryl methyl sites for hydroxylation is 1. The van der Waals surface area contributed by atoms with Crippen molar-refractivity contribution in [2.45, 2.75) is 38.6 Å². The molecule has 0 aliphatic carbocycles. The second-order valence-electron chi connectivity index (χ2n) is 6.52. The zero-order valence-electron chi connectivity index (χ0n) is 14.3. The number of amides is 2. The Bertz CT molecular complexity index is 746. The number of hydrogen-bond acceptors (Lipinski definition) is 1. The minimum atomic E-state index is -0.768. The Hall–Kier alpha value is -2.43. The Kier molecular flexibility index (Phi) is 5.31. The van der Waals surface area contributed by atoms with Crippen molar-refractivity contribution in [1.29, 1.82) is 0 Å². The molecule has 1 N–H and O–H groups in total. The predicted molar refractivity (Wildman–Crippen MR) is 94.5 cm³/mol. The molecule has 1 unspecified atom stereocenters. The summed E-state index contributed by atoms with van der Waals surface area (Å²) < 4.78 is 26.9. The first kappa shape index (κ1) is 17.4. The number of nitrogens with one attached hydrogen (secondary N) is 1. The van der Waals surface area contributed by atoms with Crippen molar-refractivity contribution >= 4 is 11.7 Å². The van der Waals surface area contributed by atoms with Gasteiger partial charge in [-0.1, -0.05) is 42.7 Å². The Balaban J connectivity index is 1.82. The van der Waals surface area contributed by atoms with E-state index in [-0.39, 0.29) is 17.8 Å². The molecule has 3 rings (SSSR count). The number of carbonyl (C=O) groups is 1. The summed E-state index contributed by atoms with van der Waals surface area (Å²) in [5.74, 6) is -1.43. The highest BCUT2D eigenvalue weighted by Crippen LogP contribution is 2.31. The van der Waals surface area contributed by atoms with Gasteiger partial charge in [-0.2, -0.15) is 0 Å². The van der Waals surface area contributed by atoms with Crippen LogP contribution in [0.15, 0.2) is 42.5 Å². The van der Waals surface area contributed by atoms with Gasteiger partial charge in [-0.15, -0.1) is 0 Å². The van der Waals surface area contributed by atoms with Gasteiger partial charge in [-0.05, 0) is 37.5 Å². The molecule has 0 bridgehead atoms. The van der Waals surface area contributed by atoms with Crippen molar-refractivity contribution in [3.63, 3.8) is 0 Å². The fourth-order valence-electron chi connectivity index (χ4n) is 3.26. The summed E-state index contributed by atoms with van der Waals surface area (Å²) in [6.07, 6.45) is 3.91. The topological polar surface area (TPSA) is 32.3 Å². The normalized spacial score (nSPS) is 17.9. The summed E-state index contributed by atoms with van der Waals surface area (Å²) >= 11 is 0. The molecular weight excluding hydrogens is 322 g/mol. The van der Waals surface area contributed by atoms with Crippen LogP contribution in [0.25, 0.3) is 0 Å². The van der Waals surface area contributed by atoms with E-state index < -0.39 is 11.6 Å². The van der Waals surface area contributed by atoms with Gasteiger partial charge in [0.1, 0.15) is 11.6 Å². The summed E-state index contributed by atoms with van der Waals surface area (Å²) in [6.45, 7) is 2.64.